The van der Waals surface area contributed by atoms with Gasteiger partial charge in [-0.15, -0.1) is 0 Å². The van der Waals surface area contributed by atoms with Crippen LogP contribution in [0, 0.1) is 0 Å². The van der Waals surface area contributed by atoms with E-state index >= 15 is 0 Å². The van der Waals surface area contributed by atoms with Gasteiger partial charge in [0.25, 0.3) is 5.91 Å². The first-order valence-corrected chi connectivity index (χ1v) is 11.1. The first-order chi connectivity index (χ1) is 17.0. The van der Waals surface area contributed by atoms with Gasteiger partial charge in [-0.2, -0.15) is 5.10 Å². The highest BCUT2D eigenvalue weighted by molar-refractivity contribution is 6.01. The van der Waals surface area contributed by atoms with Crippen LogP contribution in [-0.4, -0.2) is 29.8 Å². The highest BCUT2D eigenvalue weighted by atomic mass is 16.5. The molecule has 0 aromatic heterocycles. The number of carbonyl (C=O) groups is 2. The fraction of sp³-hybridized carbons (Fsp3) is 0.107. The third-order valence-electron chi connectivity index (χ3n) is 5.14. The molecule has 0 saturated heterocycles. The Morgan fingerprint density at radius 1 is 0.914 bits per heavy atom. The van der Waals surface area contributed by atoms with Crippen molar-refractivity contribution >= 4 is 28.9 Å². The van der Waals surface area contributed by atoms with Crippen molar-refractivity contribution in [3.8, 4) is 17.2 Å². The minimum absolute atomic E-state index is 0.120. The highest BCUT2D eigenvalue weighted by Gasteiger charge is 2.12. The van der Waals surface area contributed by atoms with Gasteiger partial charge < -0.3 is 14.6 Å². The van der Waals surface area contributed by atoms with Gasteiger partial charge in [0, 0.05) is 0 Å². The lowest BCUT2D eigenvalue weighted by molar-refractivity contribution is 0.0734. The largest absolute Gasteiger partial charge is 0.507 e. The molecule has 4 aromatic carbocycles. The molecule has 0 radical (unpaired) electrons. The van der Waals surface area contributed by atoms with E-state index in [2.05, 4.69) is 10.5 Å². The molecule has 0 aliphatic carbocycles. The Balaban J connectivity index is 1.33. The van der Waals surface area contributed by atoms with Crippen molar-refractivity contribution in [2.24, 2.45) is 5.10 Å². The Hall–Kier alpha value is -4.65. The zero-order valence-electron chi connectivity index (χ0n) is 19.1. The van der Waals surface area contributed by atoms with Crippen LogP contribution in [0.5, 0.6) is 17.2 Å². The van der Waals surface area contributed by atoms with Crippen molar-refractivity contribution < 1.29 is 24.2 Å². The molecule has 7 nitrogen and oxygen atoms in total. The molecule has 0 fully saturated rings. The summed E-state index contributed by atoms with van der Waals surface area (Å²) in [6.45, 7) is 2.64. The average molecular weight is 469 g/mol. The zero-order valence-corrected chi connectivity index (χ0v) is 19.1. The number of nitrogens with one attached hydrogen (secondary N) is 1. The van der Waals surface area contributed by atoms with Crippen LogP contribution in [0.4, 0.5) is 0 Å². The van der Waals surface area contributed by atoms with E-state index in [0.717, 1.165) is 17.2 Å². The maximum Gasteiger partial charge on any atom is 0.343 e. The second kappa shape index (κ2) is 11.0. The second-order valence-electron chi connectivity index (χ2n) is 7.75. The Kier molecular flexibility index (Phi) is 7.37. The fourth-order valence-corrected chi connectivity index (χ4v) is 3.33. The molecule has 7 heteroatoms. The standard InChI is InChI=1S/C28H24N2O5/c1-2-15-34-23-13-9-20(10-14-23)28(33)35-24-11-7-19(8-12-24)18-29-30-27(32)25-16-21-5-3-4-6-22(21)17-26(25)31/h3-14,16-18,31H,2,15H2,1H3,(H,30,32)/b29-18-. The fourth-order valence-electron chi connectivity index (χ4n) is 3.33. The maximum absolute atomic E-state index is 12.4. The molecule has 176 valence electrons. The molecule has 35 heavy (non-hydrogen) atoms. The van der Waals surface area contributed by atoms with Crippen LogP contribution in [-0.2, 0) is 0 Å². The Morgan fingerprint density at radius 2 is 1.57 bits per heavy atom. The number of phenols is 1. The van der Waals surface area contributed by atoms with Crippen LogP contribution >= 0.6 is 0 Å². The number of hydrogen-bond donors (Lipinski definition) is 2. The van der Waals surface area contributed by atoms with E-state index in [0.29, 0.717) is 29.2 Å². The van der Waals surface area contributed by atoms with Crippen LogP contribution in [0.2, 0.25) is 0 Å². The third kappa shape index (κ3) is 6.03. The van der Waals surface area contributed by atoms with Crippen LogP contribution in [0.25, 0.3) is 10.8 Å². The summed E-state index contributed by atoms with van der Waals surface area (Å²) >= 11 is 0. The molecule has 1 amide bonds. The van der Waals surface area contributed by atoms with E-state index in [9.17, 15) is 14.7 Å². The normalized spacial score (nSPS) is 10.9. The van der Waals surface area contributed by atoms with Crippen LogP contribution in [0.3, 0.4) is 0 Å². The molecule has 0 aliphatic rings. The van der Waals surface area contributed by atoms with E-state index < -0.39 is 11.9 Å². The van der Waals surface area contributed by atoms with Crippen molar-refractivity contribution in [1.82, 2.24) is 5.43 Å². The summed E-state index contributed by atoms with van der Waals surface area (Å²) < 4.78 is 10.9. The lowest BCUT2D eigenvalue weighted by Crippen LogP contribution is -2.17. The Bertz CT molecular complexity index is 1360. The predicted molar refractivity (Wildman–Crippen MR) is 134 cm³/mol. The number of hydrazone groups is 1. The van der Waals surface area contributed by atoms with Gasteiger partial charge in [-0.05, 0) is 83.4 Å². The monoisotopic (exact) mass is 468 g/mol. The number of carbonyl (C=O) groups excluding carboxylic acids is 2. The summed E-state index contributed by atoms with van der Waals surface area (Å²) in [5, 5.41) is 15.8. The van der Waals surface area contributed by atoms with Crippen molar-refractivity contribution in [2.75, 3.05) is 6.61 Å². The topological polar surface area (TPSA) is 97.2 Å². The molecule has 0 aliphatic heterocycles. The van der Waals surface area contributed by atoms with Crippen molar-refractivity contribution in [3.63, 3.8) is 0 Å². The number of esters is 1. The number of fused-ring (bicyclic) bond motifs is 1. The molecule has 0 bridgehead atoms. The van der Waals surface area contributed by atoms with Crippen LogP contribution in [0.15, 0.2) is 90.0 Å². The minimum Gasteiger partial charge on any atom is -0.507 e. The smallest absolute Gasteiger partial charge is 0.343 e. The number of nitrogens with zero attached hydrogens (tertiary/aromatic N) is 1. The highest BCUT2D eigenvalue weighted by Crippen LogP contribution is 2.25. The number of amides is 1. The third-order valence-corrected chi connectivity index (χ3v) is 5.14. The van der Waals surface area contributed by atoms with Gasteiger partial charge in [-0.25, -0.2) is 10.2 Å². The SMILES string of the molecule is CCCOc1ccc(C(=O)Oc2ccc(/C=N\NC(=O)c3cc4ccccc4cc3O)cc2)cc1. The Morgan fingerprint density at radius 3 is 2.26 bits per heavy atom. The van der Waals surface area contributed by atoms with E-state index in [1.165, 1.54) is 6.21 Å². The van der Waals surface area contributed by atoms with Gasteiger partial charge in [0.2, 0.25) is 0 Å². The average Bonchev–Trinajstić information content (AvgIpc) is 2.88. The first kappa shape index (κ1) is 23.5. The lowest BCUT2D eigenvalue weighted by Gasteiger charge is -2.07. The molecular formula is C28H24N2O5. The van der Waals surface area contributed by atoms with Gasteiger partial charge in [-0.1, -0.05) is 31.2 Å². The maximum atomic E-state index is 12.4. The summed E-state index contributed by atoms with van der Waals surface area (Å²) in [5.74, 6) is -0.0404. The number of rotatable bonds is 8. The van der Waals surface area contributed by atoms with Gasteiger partial charge in [0.05, 0.1) is 23.9 Å². The summed E-state index contributed by atoms with van der Waals surface area (Å²) in [7, 11) is 0. The van der Waals surface area contributed by atoms with Gasteiger partial charge in [-0.3, -0.25) is 4.79 Å². The van der Waals surface area contributed by atoms with Crippen molar-refractivity contribution in [1.29, 1.82) is 0 Å². The van der Waals surface area contributed by atoms with Crippen molar-refractivity contribution in [3.05, 3.63) is 102 Å². The number of phenolic OH excluding ortho intramolecular Hbond substituents is 1. The Labute approximate surface area is 202 Å². The van der Waals surface area contributed by atoms with Crippen LogP contribution < -0.4 is 14.9 Å². The second-order valence-corrected chi connectivity index (χ2v) is 7.75. The van der Waals surface area contributed by atoms with E-state index in [4.69, 9.17) is 9.47 Å². The molecule has 4 aromatic rings. The summed E-state index contributed by atoms with van der Waals surface area (Å²) in [6, 6.07) is 24.1. The van der Waals surface area contributed by atoms with E-state index in [-0.39, 0.29) is 11.3 Å². The van der Waals surface area contributed by atoms with E-state index in [1.807, 2.05) is 31.2 Å². The quantitative estimate of drug-likeness (QED) is 0.158. The summed E-state index contributed by atoms with van der Waals surface area (Å²) in [6.07, 6.45) is 2.36. The number of aromatic hydroxyl groups is 1. The summed E-state index contributed by atoms with van der Waals surface area (Å²) in [4.78, 5) is 24.8. The van der Waals surface area contributed by atoms with E-state index in [1.54, 1.807) is 60.7 Å². The predicted octanol–water partition coefficient (Wildman–Crippen LogP) is 5.32. The molecule has 2 N–H and O–H groups in total. The molecule has 0 unspecified atom stereocenters. The molecule has 0 atom stereocenters. The molecule has 0 heterocycles. The van der Waals surface area contributed by atoms with Crippen molar-refractivity contribution in [2.45, 2.75) is 13.3 Å². The number of hydrogen-bond acceptors (Lipinski definition) is 6. The van der Waals surface area contributed by atoms with Gasteiger partial charge in [0.15, 0.2) is 0 Å². The number of ether oxygens (including phenoxy) is 2. The minimum atomic E-state index is -0.527. The lowest BCUT2D eigenvalue weighted by atomic mass is 10.1. The first-order valence-electron chi connectivity index (χ1n) is 11.1. The van der Waals surface area contributed by atoms with Gasteiger partial charge >= 0.3 is 5.97 Å². The number of benzene rings is 4. The summed E-state index contributed by atoms with van der Waals surface area (Å²) in [5.41, 5.74) is 3.65. The molecular weight excluding hydrogens is 444 g/mol. The zero-order chi connectivity index (χ0) is 24.6. The molecule has 0 spiro atoms. The molecule has 0 saturated carbocycles. The van der Waals surface area contributed by atoms with Crippen LogP contribution in [0.1, 0.15) is 39.6 Å². The van der Waals surface area contributed by atoms with Gasteiger partial charge in [0.1, 0.15) is 17.2 Å². The molecule has 4 rings (SSSR count).